The molecule has 2 aliphatic rings. The minimum Gasteiger partial charge on any atom is -0.504 e. The van der Waals surface area contributed by atoms with Crippen molar-refractivity contribution in [1.29, 1.82) is 0 Å². The Morgan fingerprint density at radius 1 is 1.28 bits per heavy atom. The van der Waals surface area contributed by atoms with Crippen molar-refractivity contribution in [1.82, 2.24) is 25.0 Å². The van der Waals surface area contributed by atoms with Crippen molar-refractivity contribution < 1.29 is 9.84 Å². The van der Waals surface area contributed by atoms with Gasteiger partial charge in [0, 0.05) is 31.1 Å². The maximum Gasteiger partial charge on any atom is 0.161 e. The standard InChI is InChI=1S/C21H29N5O2.ClH/c1-3-4-17-11-15(12-18(28-2)20(17)27)14-25-8-5-16(6-9-25)21-24-23-19-13-22-7-10-26(19)21;/h3,11-12,16,22,27H,1,4-10,13-14H2,2H3;1H. The monoisotopic (exact) mass is 419 g/mol. The number of allylic oxidation sites excluding steroid dienone is 1. The van der Waals surface area contributed by atoms with Gasteiger partial charge in [-0.3, -0.25) is 4.90 Å². The number of aromatic nitrogens is 3. The highest BCUT2D eigenvalue weighted by Gasteiger charge is 2.27. The van der Waals surface area contributed by atoms with E-state index in [-0.39, 0.29) is 18.2 Å². The van der Waals surface area contributed by atoms with Crippen molar-refractivity contribution in [2.45, 2.75) is 44.8 Å². The zero-order valence-electron chi connectivity index (χ0n) is 16.9. The summed E-state index contributed by atoms with van der Waals surface area (Å²) in [6, 6.07) is 4.00. The molecule has 1 aromatic carbocycles. The Kier molecular flexibility index (Phi) is 7.16. The van der Waals surface area contributed by atoms with Crippen molar-refractivity contribution >= 4 is 12.4 Å². The van der Waals surface area contributed by atoms with Crippen LogP contribution in [0.2, 0.25) is 0 Å². The minimum absolute atomic E-state index is 0. The normalized spacial score (nSPS) is 17.4. The summed E-state index contributed by atoms with van der Waals surface area (Å²) in [6.07, 6.45) is 4.63. The summed E-state index contributed by atoms with van der Waals surface area (Å²) in [6.45, 7) is 9.49. The van der Waals surface area contributed by atoms with Crippen LogP contribution in [0.4, 0.5) is 0 Å². The SMILES string of the molecule is C=CCc1cc(CN2CCC(c3nnc4n3CCNC4)CC2)cc(OC)c1O.Cl. The summed E-state index contributed by atoms with van der Waals surface area (Å²) in [7, 11) is 1.59. The number of likely N-dealkylation sites (tertiary alicyclic amines) is 1. The van der Waals surface area contributed by atoms with Gasteiger partial charge in [0.15, 0.2) is 11.5 Å². The number of rotatable bonds is 6. The molecule has 1 aromatic heterocycles. The van der Waals surface area contributed by atoms with Gasteiger partial charge in [0.2, 0.25) is 0 Å². The molecule has 2 N–H and O–H groups in total. The van der Waals surface area contributed by atoms with Gasteiger partial charge < -0.3 is 19.7 Å². The number of phenolic OH excluding ortho intramolecular Hbond substituents is 1. The summed E-state index contributed by atoms with van der Waals surface area (Å²) in [5.74, 6) is 3.47. The van der Waals surface area contributed by atoms with Gasteiger partial charge >= 0.3 is 0 Å². The van der Waals surface area contributed by atoms with Gasteiger partial charge in [0.25, 0.3) is 0 Å². The molecule has 0 unspecified atom stereocenters. The van der Waals surface area contributed by atoms with Gasteiger partial charge in [-0.2, -0.15) is 0 Å². The average Bonchev–Trinajstić information content (AvgIpc) is 3.15. The quantitative estimate of drug-likeness (QED) is 0.701. The van der Waals surface area contributed by atoms with Crippen LogP contribution in [0.3, 0.4) is 0 Å². The summed E-state index contributed by atoms with van der Waals surface area (Å²) in [5, 5.41) is 22.5. The number of halogens is 1. The molecule has 0 atom stereocenters. The molecule has 0 amide bonds. The Balaban J connectivity index is 0.00000240. The van der Waals surface area contributed by atoms with Gasteiger partial charge in [0.1, 0.15) is 11.6 Å². The molecule has 0 saturated carbocycles. The second-order valence-corrected chi connectivity index (χ2v) is 7.65. The number of nitrogens with zero attached hydrogens (tertiary/aromatic N) is 4. The summed E-state index contributed by atoms with van der Waals surface area (Å²) < 4.78 is 7.66. The highest BCUT2D eigenvalue weighted by atomic mass is 35.5. The van der Waals surface area contributed by atoms with E-state index in [0.717, 1.165) is 74.9 Å². The van der Waals surface area contributed by atoms with Crippen LogP contribution in [0.25, 0.3) is 0 Å². The summed E-state index contributed by atoms with van der Waals surface area (Å²) in [4.78, 5) is 2.47. The van der Waals surface area contributed by atoms with Crippen molar-refractivity contribution in [2.24, 2.45) is 0 Å². The molecule has 0 bridgehead atoms. The van der Waals surface area contributed by atoms with E-state index < -0.39 is 0 Å². The number of fused-ring (bicyclic) bond motifs is 1. The zero-order valence-corrected chi connectivity index (χ0v) is 17.7. The first-order valence-electron chi connectivity index (χ1n) is 10.0. The highest BCUT2D eigenvalue weighted by molar-refractivity contribution is 5.85. The number of phenols is 1. The van der Waals surface area contributed by atoms with E-state index in [2.05, 4.69) is 37.6 Å². The van der Waals surface area contributed by atoms with Crippen LogP contribution in [0.5, 0.6) is 11.5 Å². The molecule has 3 heterocycles. The van der Waals surface area contributed by atoms with Crippen molar-refractivity contribution in [2.75, 3.05) is 26.7 Å². The number of nitrogens with one attached hydrogen (secondary N) is 1. The second-order valence-electron chi connectivity index (χ2n) is 7.65. The van der Waals surface area contributed by atoms with Gasteiger partial charge in [-0.1, -0.05) is 12.1 Å². The lowest BCUT2D eigenvalue weighted by molar-refractivity contribution is 0.199. The third kappa shape index (κ3) is 4.57. The molecule has 8 heteroatoms. The largest absolute Gasteiger partial charge is 0.504 e. The van der Waals surface area contributed by atoms with Crippen LogP contribution in [-0.2, 0) is 26.1 Å². The number of benzene rings is 1. The first-order chi connectivity index (χ1) is 13.7. The van der Waals surface area contributed by atoms with Crippen LogP contribution >= 0.6 is 12.4 Å². The maximum absolute atomic E-state index is 10.3. The third-order valence-corrected chi connectivity index (χ3v) is 5.81. The second kappa shape index (κ2) is 9.61. The predicted molar refractivity (Wildman–Crippen MR) is 115 cm³/mol. The number of hydrogen-bond acceptors (Lipinski definition) is 6. The first-order valence-corrected chi connectivity index (χ1v) is 10.0. The third-order valence-electron chi connectivity index (χ3n) is 5.81. The van der Waals surface area contributed by atoms with E-state index in [1.54, 1.807) is 13.2 Å². The molecule has 7 nitrogen and oxygen atoms in total. The summed E-state index contributed by atoms with van der Waals surface area (Å²) >= 11 is 0. The number of piperidine rings is 1. The van der Waals surface area contributed by atoms with Gasteiger partial charge in [-0.15, -0.1) is 29.2 Å². The predicted octanol–water partition coefficient (Wildman–Crippen LogP) is 2.63. The van der Waals surface area contributed by atoms with Crippen LogP contribution in [0.1, 0.15) is 41.5 Å². The number of methoxy groups -OCH3 is 1. The molecule has 4 rings (SSSR count). The molecule has 0 spiro atoms. The Bertz CT molecular complexity index is 846. The lowest BCUT2D eigenvalue weighted by Gasteiger charge is -2.32. The first kappa shape index (κ1) is 21.6. The van der Waals surface area contributed by atoms with Gasteiger partial charge in [-0.05, 0) is 44.0 Å². The molecule has 29 heavy (non-hydrogen) atoms. The lowest BCUT2D eigenvalue weighted by atomic mass is 9.95. The zero-order chi connectivity index (χ0) is 19.5. The molecule has 1 fully saturated rings. The van der Waals surface area contributed by atoms with E-state index in [1.165, 1.54) is 0 Å². The fourth-order valence-corrected chi connectivity index (χ4v) is 4.31. The maximum atomic E-state index is 10.3. The number of aromatic hydroxyl groups is 1. The Morgan fingerprint density at radius 3 is 2.79 bits per heavy atom. The molecule has 158 valence electrons. The van der Waals surface area contributed by atoms with E-state index in [4.69, 9.17) is 4.74 Å². The van der Waals surface area contributed by atoms with Gasteiger partial charge in [-0.25, -0.2) is 0 Å². The Morgan fingerprint density at radius 2 is 2.07 bits per heavy atom. The number of hydrogen-bond donors (Lipinski definition) is 2. The average molecular weight is 420 g/mol. The highest BCUT2D eigenvalue weighted by Crippen LogP contribution is 2.33. The van der Waals surface area contributed by atoms with Gasteiger partial charge in [0.05, 0.1) is 13.7 Å². The van der Waals surface area contributed by atoms with Crippen molar-refractivity contribution in [3.63, 3.8) is 0 Å². The van der Waals surface area contributed by atoms with Crippen LogP contribution < -0.4 is 10.1 Å². The van der Waals surface area contributed by atoms with Crippen molar-refractivity contribution in [3.05, 3.63) is 47.6 Å². The fraction of sp³-hybridized carbons (Fsp3) is 0.524. The Labute approximate surface area is 178 Å². The van der Waals surface area contributed by atoms with Crippen LogP contribution in [0, 0.1) is 0 Å². The molecular weight excluding hydrogens is 390 g/mol. The number of ether oxygens (including phenoxy) is 1. The topological polar surface area (TPSA) is 75.4 Å². The van der Waals surface area contributed by atoms with Crippen LogP contribution in [0.15, 0.2) is 24.8 Å². The molecule has 1 saturated heterocycles. The van der Waals surface area contributed by atoms with E-state index in [1.807, 2.05) is 6.07 Å². The molecule has 0 radical (unpaired) electrons. The molecule has 2 aromatic rings. The van der Waals surface area contributed by atoms with Crippen molar-refractivity contribution in [3.8, 4) is 11.5 Å². The molecular formula is C21H30ClN5O2. The minimum atomic E-state index is 0. The lowest BCUT2D eigenvalue weighted by Crippen LogP contribution is -2.34. The molecule has 2 aliphatic heterocycles. The van der Waals surface area contributed by atoms with E-state index in [9.17, 15) is 5.11 Å². The molecule has 0 aliphatic carbocycles. The van der Waals surface area contributed by atoms with E-state index in [0.29, 0.717) is 18.1 Å². The smallest absolute Gasteiger partial charge is 0.161 e. The van der Waals surface area contributed by atoms with Crippen LogP contribution in [-0.4, -0.2) is 51.5 Å². The van der Waals surface area contributed by atoms with E-state index >= 15 is 0 Å². The summed E-state index contributed by atoms with van der Waals surface area (Å²) in [5.41, 5.74) is 2.03. The Hall–Kier alpha value is -2.09. The fourth-order valence-electron chi connectivity index (χ4n) is 4.31.